The summed E-state index contributed by atoms with van der Waals surface area (Å²) in [5.41, 5.74) is 1.89. The summed E-state index contributed by atoms with van der Waals surface area (Å²) in [5.74, 6) is -0.932. The maximum atomic E-state index is 13.9. The average Bonchev–Trinajstić information content (AvgIpc) is 3.29. The Balaban J connectivity index is 1.62. The van der Waals surface area contributed by atoms with E-state index >= 15 is 0 Å². The van der Waals surface area contributed by atoms with E-state index in [1.165, 1.54) is 6.07 Å². The largest absolute Gasteiger partial charge is 0.396 e. The van der Waals surface area contributed by atoms with E-state index in [9.17, 15) is 19.1 Å². The molecule has 1 aromatic carbocycles. The summed E-state index contributed by atoms with van der Waals surface area (Å²) in [7, 11) is 0. The number of hydrogen-bond acceptors (Lipinski definition) is 4. The minimum absolute atomic E-state index is 0.0392. The molecule has 2 aliphatic heterocycles. The molecule has 3 heterocycles. The number of hydrogen-bond donors (Lipinski definition) is 2. The predicted molar refractivity (Wildman–Crippen MR) is 117 cm³/mol. The molecule has 0 bridgehead atoms. The number of aromatic nitrogens is 1. The number of aliphatic hydroxyl groups excluding tert-OH is 1. The van der Waals surface area contributed by atoms with Crippen LogP contribution in [0.1, 0.15) is 36.7 Å². The molecule has 0 unspecified atom stereocenters. The third kappa shape index (κ3) is 3.62. The molecule has 1 amide bonds. The summed E-state index contributed by atoms with van der Waals surface area (Å²) in [5, 5.41) is 13.0. The van der Waals surface area contributed by atoms with Crippen LogP contribution in [-0.2, 0) is 17.9 Å². The van der Waals surface area contributed by atoms with Crippen molar-refractivity contribution in [1.82, 2.24) is 14.8 Å². The van der Waals surface area contributed by atoms with Crippen LogP contribution in [0.15, 0.2) is 47.3 Å². The molecule has 7 heteroatoms. The number of amides is 1. The van der Waals surface area contributed by atoms with Gasteiger partial charge in [0.1, 0.15) is 5.82 Å². The molecule has 2 aliphatic rings. The molecular weight excluding hydrogens is 397 g/mol. The fourth-order valence-corrected chi connectivity index (χ4v) is 5.23. The van der Waals surface area contributed by atoms with Gasteiger partial charge in [0.2, 0.25) is 5.91 Å². The number of likely N-dealkylation sites (tertiary alicyclic amines) is 1. The van der Waals surface area contributed by atoms with Gasteiger partial charge in [-0.15, -0.1) is 0 Å². The second kappa shape index (κ2) is 8.77. The molecule has 0 spiro atoms. The zero-order valence-electron chi connectivity index (χ0n) is 17.8. The number of benzene rings is 1. The Hall–Kier alpha value is -2.77. The standard InChI is InChI=1S/C24H28FN3O3/c1-3-7-15-10-11-20-21-17(13-28(20)24(15)31)18(14-29)22(27(21)4-2)23(30)26-12-16-8-5-6-9-19(16)25/h3,5-11,17-18,21-22,29H,4,12-14H2,1-2H3,(H,26,30)/b7-3+/t17-,18-,21+,22-/m0/s1. The SMILES string of the molecule is C/C=C/c1ccc2n(c1=O)C[C@H]1[C@H](CO)[C@@H](C(=O)NCc3ccccc3F)N(CC)[C@@H]21. The van der Waals surface area contributed by atoms with Gasteiger partial charge in [0.05, 0.1) is 12.1 Å². The smallest absolute Gasteiger partial charge is 0.258 e. The van der Waals surface area contributed by atoms with Crippen molar-refractivity contribution in [3.63, 3.8) is 0 Å². The summed E-state index contributed by atoms with van der Waals surface area (Å²) in [6.45, 7) is 4.86. The van der Waals surface area contributed by atoms with Crippen molar-refractivity contribution in [2.45, 2.75) is 39.0 Å². The van der Waals surface area contributed by atoms with E-state index in [1.54, 1.807) is 28.8 Å². The molecule has 6 nitrogen and oxygen atoms in total. The van der Waals surface area contributed by atoms with Crippen LogP contribution in [0.25, 0.3) is 6.08 Å². The molecule has 4 rings (SSSR count). The van der Waals surface area contributed by atoms with Gasteiger partial charge in [0.15, 0.2) is 0 Å². The number of halogens is 1. The Labute approximate surface area is 181 Å². The van der Waals surface area contributed by atoms with Gasteiger partial charge in [-0.1, -0.05) is 37.3 Å². The monoisotopic (exact) mass is 425 g/mol. The van der Waals surface area contributed by atoms with E-state index in [0.29, 0.717) is 24.2 Å². The fourth-order valence-electron chi connectivity index (χ4n) is 5.23. The quantitative estimate of drug-likeness (QED) is 0.745. The van der Waals surface area contributed by atoms with Crippen LogP contribution in [0.5, 0.6) is 0 Å². The summed E-state index contributed by atoms with van der Waals surface area (Å²) >= 11 is 0. The van der Waals surface area contributed by atoms with Crippen molar-refractivity contribution in [3.8, 4) is 0 Å². The molecule has 31 heavy (non-hydrogen) atoms. The maximum absolute atomic E-state index is 13.9. The minimum atomic E-state index is -0.532. The first-order valence-corrected chi connectivity index (χ1v) is 10.8. The van der Waals surface area contributed by atoms with E-state index < -0.39 is 6.04 Å². The number of likely N-dealkylation sites (N-methyl/N-ethyl adjacent to an activating group) is 1. The van der Waals surface area contributed by atoms with Crippen molar-refractivity contribution in [2.75, 3.05) is 13.2 Å². The number of rotatable bonds is 6. The van der Waals surface area contributed by atoms with Gasteiger partial charge in [0, 0.05) is 48.4 Å². The van der Waals surface area contributed by atoms with Crippen molar-refractivity contribution in [2.24, 2.45) is 11.8 Å². The van der Waals surface area contributed by atoms with Gasteiger partial charge in [-0.25, -0.2) is 4.39 Å². The highest BCUT2D eigenvalue weighted by Gasteiger charge is 2.54. The molecule has 1 saturated heterocycles. The molecular formula is C24H28FN3O3. The summed E-state index contributed by atoms with van der Waals surface area (Å²) in [4.78, 5) is 28.1. The molecule has 2 aromatic rings. The van der Waals surface area contributed by atoms with E-state index in [4.69, 9.17) is 0 Å². The van der Waals surface area contributed by atoms with Crippen molar-refractivity contribution < 1.29 is 14.3 Å². The molecule has 164 valence electrons. The van der Waals surface area contributed by atoms with E-state index in [1.807, 2.05) is 32.1 Å². The van der Waals surface area contributed by atoms with E-state index in [0.717, 1.165) is 5.69 Å². The lowest BCUT2D eigenvalue weighted by atomic mass is 9.88. The number of fused-ring (bicyclic) bond motifs is 3. The van der Waals surface area contributed by atoms with Gasteiger partial charge in [0.25, 0.3) is 5.56 Å². The number of nitrogens with one attached hydrogen (secondary N) is 1. The molecule has 4 atom stereocenters. The van der Waals surface area contributed by atoms with Gasteiger partial charge in [-0.05, 0) is 31.7 Å². The van der Waals surface area contributed by atoms with Crippen LogP contribution >= 0.6 is 0 Å². The zero-order valence-corrected chi connectivity index (χ0v) is 17.8. The van der Waals surface area contributed by atoms with Gasteiger partial charge in [-0.2, -0.15) is 0 Å². The Morgan fingerprint density at radius 1 is 1.29 bits per heavy atom. The van der Waals surface area contributed by atoms with Crippen molar-refractivity contribution in [1.29, 1.82) is 0 Å². The Kier molecular flexibility index (Phi) is 6.07. The maximum Gasteiger partial charge on any atom is 0.258 e. The molecule has 1 fully saturated rings. The van der Waals surface area contributed by atoms with Crippen LogP contribution < -0.4 is 10.9 Å². The zero-order chi connectivity index (χ0) is 22.1. The van der Waals surface area contributed by atoms with Gasteiger partial charge >= 0.3 is 0 Å². The lowest BCUT2D eigenvalue weighted by molar-refractivity contribution is -0.127. The Morgan fingerprint density at radius 2 is 2.06 bits per heavy atom. The summed E-state index contributed by atoms with van der Waals surface area (Å²) in [6.07, 6.45) is 3.63. The summed E-state index contributed by atoms with van der Waals surface area (Å²) in [6, 6.07) is 9.49. The van der Waals surface area contributed by atoms with E-state index in [2.05, 4.69) is 10.2 Å². The highest BCUT2D eigenvalue weighted by molar-refractivity contribution is 5.82. The van der Waals surface area contributed by atoms with Crippen molar-refractivity contribution in [3.05, 3.63) is 75.5 Å². The van der Waals surface area contributed by atoms with Gasteiger partial charge < -0.3 is 15.0 Å². The number of carbonyl (C=O) groups is 1. The highest BCUT2D eigenvalue weighted by Crippen LogP contribution is 2.48. The predicted octanol–water partition coefficient (Wildman–Crippen LogP) is 2.32. The third-order valence-electron chi connectivity index (χ3n) is 6.61. The lowest BCUT2D eigenvalue weighted by Crippen LogP contribution is -2.48. The molecule has 1 aromatic heterocycles. The van der Waals surface area contributed by atoms with E-state index in [-0.39, 0.29) is 48.3 Å². The second-order valence-electron chi connectivity index (χ2n) is 8.17. The lowest BCUT2D eigenvalue weighted by Gasteiger charge is -2.29. The number of pyridine rings is 1. The van der Waals surface area contributed by atoms with Crippen LogP contribution in [0, 0.1) is 17.7 Å². The van der Waals surface area contributed by atoms with Gasteiger partial charge in [-0.3, -0.25) is 14.5 Å². The molecule has 0 aliphatic carbocycles. The van der Waals surface area contributed by atoms with Crippen LogP contribution in [-0.4, -0.2) is 39.7 Å². The first-order valence-electron chi connectivity index (χ1n) is 10.8. The second-order valence-corrected chi connectivity index (χ2v) is 8.17. The first kappa shape index (κ1) is 21.5. The average molecular weight is 426 g/mol. The molecule has 0 saturated carbocycles. The van der Waals surface area contributed by atoms with Crippen LogP contribution in [0.4, 0.5) is 4.39 Å². The Morgan fingerprint density at radius 3 is 2.74 bits per heavy atom. The topological polar surface area (TPSA) is 74.6 Å². The molecule has 2 N–H and O–H groups in total. The normalized spacial score (nSPS) is 25.0. The van der Waals surface area contributed by atoms with Crippen LogP contribution in [0.3, 0.4) is 0 Å². The first-order chi connectivity index (χ1) is 15.0. The highest BCUT2D eigenvalue weighted by atomic mass is 19.1. The fraction of sp³-hybridized carbons (Fsp3) is 0.417. The Bertz CT molecular complexity index is 1060. The van der Waals surface area contributed by atoms with Crippen LogP contribution in [0.2, 0.25) is 0 Å². The number of carbonyl (C=O) groups excluding carboxylic acids is 1. The number of nitrogens with zero attached hydrogens (tertiary/aromatic N) is 2. The third-order valence-corrected chi connectivity index (χ3v) is 6.61. The summed E-state index contributed by atoms with van der Waals surface area (Å²) < 4.78 is 15.7. The number of aliphatic hydroxyl groups is 1. The number of allylic oxidation sites excluding steroid dienone is 1. The minimum Gasteiger partial charge on any atom is -0.396 e. The van der Waals surface area contributed by atoms with Crippen molar-refractivity contribution >= 4 is 12.0 Å². The molecule has 0 radical (unpaired) electrons.